The first kappa shape index (κ1) is 23.7. The molecule has 0 saturated carbocycles. The van der Waals surface area contributed by atoms with Gasteiger partial charge in [0.25, 0.3) is 11.6 Å². The molecule has 1 heterocycles. The van der Waals surface area contributed by atoms with Crippen molar-refractivity contribution in [2.75, 3.05) is 31.3 Å². The number of rotatable bonds is 8. The van der Waals surface area contributed by atoms with Crippen molar-refractivity contribution >= 4 is 40.1 Å². The maximum Gasteiger partial charge on any atom is 0.270 e. The normalized spacial score (nSPS) is 13.7. The monoisotopic (exact) mass is 471 g/mol. The van der Waals surface area contributed by atoms with Gasteiger partial charge < -0.3 is 20.9 Å². The lowest BCUT2D eigenvalue weighted by Gasteiger charge is -2.15. The van der Waals surface area contributed by atoms with Crippen molar-refractivity contribution in [2.45, 2.75) is 6.54 Å². The summed E-state index contributed by atoms with van der Waals surface area (Å²) < 4.78 is 0. The summed E-state index contributed by atoms with van der Waals surface area (Å²) in [6.45, 7) is 0.717. The maximum absolute atomic E-state index is 13.0. The first-order chi connectivity index (χ1) is 16.8. The Morgan fingerprint density at radius 2 is 1.74 bits per heavy atom. The SMILES string of the molecule is CN(C)CC(=O)NCc1ccc(NC(=C2C(=O)Nc3ccc([N+](=O)[O-])cc32)c2ccccc2)cc1. The van der Waals surface area contributed by atoms with E-state index in [0.29, 0.717) is 35.6 Å². The van der Waals surface area contributed by atoms with Crippen LogP contribution in [0.15, 0.2) is 72.8 Å². The number of nitro benzene ring substituents is 1. The van der Waals surface area contributed by atoms with Crippen LogP contribution in [0.1, 0.15) is 16.7 Å². The van der Waals surface area contributed by atoms with Gasteiger partial charge in [-0.1, -0.05) is 42.5 Å². The summed E-state index contributed by atoms with van der Waals surface area (Å²) >= 11 is 0. The summed E-state index contributed by atoms with van der Waals surface area (Å²) in [4.78, 5) is 37.5. The van der Waals surface area contributed by atoms with Crippen molar-refractivity contribution in [1.82, 2.24) is 10.2 Å². The molecule has 0 bridgehead atoms. The molecule has 0 atom stereocenters. The van der Waals surface area contributed by atoms with Crippen LogP contribution in [0.25, 0.3) is 11.3 Å². The summed E-state index contributed by atoms with van der Waals surface area (Å²) in [7, 11) is 3.67. The molecular formula is C26H25N5O4. The first-order valence-corrected chi connectivity index (χ1v) is 11.0. The van der Waals surface area contributed by atoms with E-state index in [9.17, 15) is 19.7 Å². The van der Waals surface area contributed by atoms with Crippen molar-refractivity contribution in [2.24, 2.45) is 0 Å². The molecule has 0 unspecified atom stereocenters. The Morgan fingerprint density at radius 1 is 1.03 bits per heavy atom. The number of fused-ring (bicyclic) bond motifs is 1. The van der Waals surface area contributed by atoms with E-state index >= 15 is 0 Å². The second-order valence-electron chi connectivity index (χ2n) is 8.39. The fourth-order valence-electron chi connectivity index (χ4n) is 3.79. The molecular weight excluding hydrogens is 446 g/mol. The minimum atomic E-state index is -0.480. The highest BCUT2D eigenvalue weighted by Crippen LogP contribution is 2.39. The van der Waals surface area contributed by atoms with Gasteiger partial charge in [-0.2, -0.15) is 0 Å². The minimum Gasteiger partial charge on any atom is -0.354 e. The molecule has 2 amide bonds. The van der Waals surface area contributed by atoms with E-state index in [1.165, 1.54) is 12.1 Å². The van der Waals surface area contributed by atoms with E-state index in [1.54, 1.807) is 11.0 Å². The Morgan fingerprint density at radius 3 is 2.40 bits per heavy atom. The third-order valence-corrected chi connectivity index (χ3v) is 5.44. The third-order valence-electron chi connectivity index (χ3n) is 5.44. The van der Waals surface area contributed by atoms with Gasteiger partial charge in [-0.15, -0.1) is 0 Å². The summed E-state index contributed by atoms with van der Waals surface area (Å²) in [5.41, 5.74) is 4.18. The van der Waals surface area contributed by atoms with Crippen molar-refractivity contribution in [3.8, 4) is 0 Å². The number of hydrogen-bond donors (Lipinski definition) is 3. The zero-order chi connectivity index (χ0) is 24.9. The number of likely N-dealkylation sites (N-methyl/N-ethyl adjacent to an activating group) is 1. The smallest absolute Gasteiger partial charge is 0.270 e. The zero-order valence-electron chi connectivity index (χ0n) is 19.4. The lowest BCUT2D eigenvalue weighted by molar-refractivity contribution is -0.384. The van der Waals surface area contributed by atoms with E-state index in [2.05, 4.69) is 16.0 Å². The lowest BCUT2D eigenvalue weighted by Crippen LogP contribution is -2.32. The number of carbonyl (C=O) groups excluding carboxylic acids is 2. The summed E-state index contributed by atoms with van der Waals surface area (Å²) in [6.07, 6.45) is 0. The van der Waals surface area contributed by atoms with Gasteiger partial charge in [0, 0.05) is 35.6 Å². The predicted molar refractivity (Wildman–Crippen MR) is 135 cm³/mol. The maximum atomic E-state index is 13.0. The second kappa shape index (κ2) is 10.2. The van der Waals surface area contributed by atoms with Crippen LogP contribution in [-0.4, -0.2) is 42.3 Å². The lowest BCUT2D eigenvalue weighted by atomic mass is 9.99. The average Bonchev–Trinajstić information content (AvgIpc) is 3.16. The van der Waals surface area contributed by atoms with Crippen molar-refractivity contribution in [3.63, 3.8) is 0 Å². The fourth-order valence-corrected chi connectivity index (χ4v) is 3.79. The van der Waals surface area contributed by atoms with Gasteiger partial charge in [-0.05, 0) is 43.4 Å². The van der Waals surface area contributed by atoms with Crippen molar-refractivity contribution in [1.29, 1.82) is 0 Å². The number of nitro groups is 1. The Kier molecular flexibility index (Phi) is 6.88. The number of nitrogens with one attached hydrogen (secondary N) is 3. The molecule has 0 radical (unpaired) electrons. The van der Waals surface area contributed by atoms with E-state index in [1.807, 2.05) is 68.7 Å². The summed E-state index contributed by atoms with van der Waals surface area (Å²) in [5.74, 6) is -0.402. The van der Waals surface area contributed by atoms with Gasteiger partial charge in [0.05, 0.1) is 22.7 Å². The largest absolute Gasteiger partial charge is 0.354 e. The van der Waals surface area contributed by atoms with Gasteiger partial charge in [-0.3, -0.25) is 19.7 Å². The molecule has 3 aromatic rings. The Balaban J connectivity index is 1.66. The van der Waals surface area contributed by atoms with Gasteiger partial charge in [0.1, 0.15) is 0 Å². The standard InChI is InChI=1S/C26H25N5O4/c1-30(2)16-23(32)27-15-17-8-10-19(11-9-17)28-25(18-6-4-3-5-7-18)24-21-14-20(31(34)35)12-13-22(21)29-26(24)33/h3-14,28H,15-16H2,1-2H3,(H,27,32)(H,29,33). The van der Waals surface area contributed by atoms with Crippen LogP contribution in [-0.2, 0) is 16.1 Å². The van der Waals surface area contributed by atoms with E-state index in [0.717, 1.165) is 16.8 Å². The van der Waals surface area contributed by atoms with Crippen LogP contribution in [0.4, 0.5) is 17.1 Å². The van der Waals surface area contributed by atoms with Crippen LogP contribution in [0.3, 0.4) is 0 Å². The third kappa shape index (κ3) is 5.53. The first-order valence-electron chi connectivity index (χ1n) is 11.0. The molecule has 0 saturated heterocycles. The second-order valence-corrected chi connectivity index (χ2v) is 8.39. The highest BCUT2D eigenvalue weighted by Gasteiger charge is 2.30. The molecule has 0 aliphatic carbocycles. The van der Waals surface area contributed by atoms with Crippen LogP contribution in [0.2, 0.25) is 0 Å². The summed E-state index contributed by atoms with van der Waals surface area (Å²) in [6, 6.07) is 21.1. The Hall–Kier alpha value is -4.50. The van der Waals surface area contributed by atoms with Crippen LogP contribution < -0.4 is 16.0 Å². The molecule has 3 N–H and O–H groups in total. The molecule has 0 spiro atoms. The Labute approximate surface area is 202 Å². The highest BCUT2D eigenvalue weighted by atomic mass is 16.6. The summed E-state index contributed by atoms with van der Waals surface area (Å²) in [5, 5.41) is 20.3. The molecule has 178 valence electrons. The average molecular weight is 472 g/mol. The fraction of sp³-hybridized carbons (Fsp3) is 0.154. The molecule has 4 rings (SSSR count). The van der Waals surface area contributed by atoms with E-state index < -0.39 is 4.92 Å². The van der Waals surface area contributed by atoms with Crippen molar-refractivity contribution < 1.29 is 14.5 Å². The molecule has 0 aromatic heterocycles. The van der Waals surface area contributed by atoms with Gasteiger partial charge in [-0.25, -0.2) is 0 Å². The molecule has 9 nitrogen and oxygen atoms in total. The molecule has 35 heavy (non-hydrogen) atoms. The topological polar surface area (TPSA) is 117 Å². The number of benzene rings is 3. The number of hydrogen-bond acceptors (Lipinski definition) is 6. The molecule has 1 aliphatic rings. The molecule has 3 aromatic carbocycles. The van der Waals surface area contributed by atoms with Crippen molar-refractivity contribution in [3.05, 3.63) is 99.6 Å². The Bertz CT molecular complexity index is 1300. The molecule has 9 heteroatoms. The number of anilines is 2. The van der Waals surface area contributed by atoms with Gasteiger partial charge in [0.2, 0.25) is 5.91 Å². The van der Waals surface area contributed by atoms with Gasteiger partial charge in [0.15, 0.2) is 0 Å². The number of amides is 2. The predicted octanol–water partition coefficient (Wildman–Crippen LogP) is 3.71. The quantitative estimate of drug-likeness (QED) is 0.262. The number of nitrogens with zero attached hydrogens (tertiary/aromatic N) is 2. The molecule has 1 aliphatic heterocycles. The van der Waals surface area contributed by atoms with Crippen LogP contribution >= 0.6 is 0 Å². The van der Waals surface area contributed by atoms with Gasteiger partial charge >= 0.3 is 0 Å². The molecule has 0 fully saturated rings. The van der Waals surface area contributed by atoms with E-state index in [-0.39, 0.29) is 17.5 Å². The zero-order valence-corrected chi connectivity index (χ0v) is 19.4. The van der Waals surface area contributed by atoms with E-state index in [4.69, 9.17) is 0 Å². The van der Waals surface area contributed by atoms with Crippen LogP contribution in [0, 0.1) is 10.1 Å². The number of carbonyl (C=O) groups is 2. The van der Waals surface area contributed by atoms with Crippen LogP contribution in [0.5, 0.6) is 0 Å². The number of non-ortho nitro benzene ring substituents is 1. The highest BCUT2D eigenvalue weighted by molar-refractivity contribution is 6.37. The minimum absolute atomic E-state index is 0.0618.